The number of ether oxygens (including phenoxy) is 1. The molecule has 0 spiro atoms. The lowest BCUT2D eigenvalue weighted by atomic mass is 10.2. The first-order chi connectivity index (χ1) is 11.2. The van der Waals surface area contributed by atoms with Crippen LogP contribution in [0.1, 0.15) is 15.9 Å². The molecule has 23 heavy (non-hydrogen) atoms. The third kappa shape index (κ3) is 3.55. The Morgan fingerprint density at radius 1 is 0.957 bits per heavy atom. The van der Waals surface area contributed by atoms with E-state index in [1.807, 2.05) is 55.5 Å². The highest BCUT2D eigenvalue weighted by Gasteiger charge is 2.14. The van der Waals surface area contributed by atoms with E-state index in [1.165, 1.54) is 0 Å². The number of carbonyl (C=O) groups is 1. The van der Waals surface area contributed by atoms with Crippen LogP contribution in [0.3, 0.4) is 0 Å². The van der Waals surface area contributed by atoms with Crippen molar-refractivity contribution in [2.24, 2.45) is 0 Å². The maximum atomic E-state index is 12.5. The van der Waals surface area contributed by atoms with Crippen LogP contribution in [0.4, 0.5) is 5.82 Å². The lowest BCUT2D eigenvalue weighted by Gasteiger charge is -2.12. The van der Waals surface area contributed by atoms with Gasteiger partial charge in [0.1, 0.15) is 17.3 Å². The molecular formula is C19H16N2O2. The number of aromatic nitrogens is 1. The first-order valence-electron chi connectivity index (χ1n) is 7.29. The van der Waals surface area contributed by atoms with Gasteiger partial charge in [-0.15, -0.1) is 0 Å². The number of nitrogens with zero attached hydrogens (tertiary/aromatic N) is 1. The molecule has 0 radical (unpaired) electrons. The summed E-state index contributed by atoms with van der Waals surface area (Å²) in [7, 11) is 0. The van der Waals surface area contributed by atoms with Crippen molar-refractivity contribution in [2.45, 2.75) is 6.92 Å². The van der Waals surface area contributed by atoms with E-state index >= 15 is 0 Å². The van der Waals surface area contributed by atoms with Gasteiger partial charge in [-0.2, -0.15) is 0 Å². The Balaban J connectivity index is 1.85. The molecule has 0 fully saturated rings. The number of carbonyl (C=O) groups excluding carboxylic acids is 1. The van der Waals surface area contributed by atoms with Crippen LogP contribution in [-0.2, 0) is 0 Å². The van der Waals surface area contributed by atoms with Crippen molar-refractivity contribution in [1.82, 2.24) is 4.98 Å². The maximum Gasteiger partial charge on any atom is 0.260 e. The van der Waals surface area contributed by atoms with E-state index in [1.54, 1.807) is 24.4 Å². The zero-order valence-corrected chi connectivity index (χ0v) is 12.7. The van der Waals surface area contributed by atoms with Crippen LogP contribution < -0.4 is 10.1 Å². The number of anilines is 1. The third-order valence-electron chi connectivity index (χ3n) is 3.34. The quantitative estimate of drug-likeness (QED) is 0.775. The van der Waals surface area contributed by atoms with Crippen molar-refractivity contribution < 1.29 is 9.53 Å². The normalized spacial score (nSPS) is 10.1. The van der Waals surface area contributed by atoms with Crippen LogP contribution in [0.5, 0.6) is 11.5 Å². The van der Waals surface area contributed by atoms with Crippen molar-refractivity contribution in [3.05, 3.63) is 84.1 Å². The Hall–Kier alpha value is -3.14. The summed E-state index contributed by atoms with van der Waals surface area (Å²) in [5, 5.41) is 2.82. The molecule has 114 valence electrons. The summed E-state index contributed by atoms with van der Waals surface area (Å²) in [5.74, 6) is 1.48. The molecule has 1 N–H and O–H groups in total. The SMILES string of the molecule is Cc1cccnc1NC(=O)c1ccccc1Oc1ccccc1. The number of hydrogen-bond acceptors (Lipinski definition) is 3. The van der Waals surface area contributed by atoms with Crippen molar-refractivity contribution in [1.29, 1.82) is 0 Å². The minimum atomic E-state index is -0.252. The van der Waals surface area contributed by atoms with E-state index in [9.17, 15) is 4.79 Å². The van der Waals surface area contributed by atoms with Crippen molar-refractivity contribution in [2.75, 3.05) is 5.32 Å². The fraction of sp³-hybridized carbons (Fsp3) is 0.0526. The molecule has 2 aromatic carbocycles. The van der Waals surface area contributed by atoms with Crippen LogP contribution in [0, 0.1) is 6.92 Å². The van der Waals surface area contributed by atoms with Gasteiger partial charge in [0.15, 0.2) is 0 Å². The van der Waals surface area contributed by atoms with Gasteiger partial charge in [-0.05, 0) is 42.8 Å². The van der Waals surface area contributed by atoms with Crippen LogP contribution in [0.15, 0.2) is 72.9 Å². The fourth-order valence-electron chi connectivity index (χ4n) is 2.15. The van der Waals surface area contributed by atoms with Gasteiger partial charge >= 0.3 is 0 Å². The average molecular weight is 304 g/mol. The second kappa shape index (κ2) is 6.75. The number of rotatable bonds is 4. The van der Waals surface area contributed by atoms with Crippen molar-refractivity contribution in [3.63, 3.8) is 0 Å². The molecule has 1 amide bonds. The number of para-hydroxylation sites is 2. The van der Waals surface area contributed by atoms with Crippen LogP contribution >= 0.6 is 0 Å². The largest absolute Gasteiger partial charge is 0.457 e. The summed E-state index contributed by atoms with van der Waals surface area (Å²) in [5.41, 5.74) is 1.36. The Labute approximate surface area is 134 Å². The van der Waals surface area contributed by atoms with Crippen LogP contribution in [-0.4, -0.2) is 10.9 Å². The summed E-state index contributed by atoms with van der Waals surface area (Å²) in [4.78, 5) is 16.7. The highest BCUT2D eigenvalue weighted by Crippen LogP contribution is 2.25. The molecule has 1 aromatic heterocycles. The maximum absolute atomic E-state index is 12.5. The van der Waals surface area contributed by atoms with Crippen molar-refractivity contribution >= 4 is 11.7 Å². The van der Waals surface area contributed by atoms with Crippen LogP contribution in [0.2, 0.25) is 0 Å². The topological polar surface area (TPSA) is 51.2 Å². The van der Waals surface area contributed by atoms with Gasteiger partial charge in [-0.1, -0.05) is 36.4 Å². The molecule has 0 aliphatic heterocycles. The molecule has 0 saturated carbocycles. The summed E-state index contributed by atoms with van der Waals surface area (Å²) in [6.07, 6.45) is 1.65. The summed E-state index contributed by atoms with van der Waals surface area (Å²) < 4.78 is 5.82. The van der Waals surface area contributed by atoms with E-state index in [0.29, 0.717) is 22.9 Å². The van der Waals surface area contributed by atoms with Gasteiger partial charge in [-0.25, -0.2) is 4.98 Å². The highest BCUT2D eigenvalue weighted by molar-refractivity contribution is 6.06. The molecule has 4 heteroatoms. The van der Waals surface area contributed by atoms with E-state index in [4.69, 9.17) is 4.74 Å². The zero-order valence-electron chi connectivity index (χ0n) is 12.7. The molecule has 0 unspecified atom stereocenters. The molecule has 0 saturated heterocycles. The van der Waals surface area contributed by atoms with E-state index in [-0.39, 0.29) is 5.91 Å². The summed E-state index contributed by atoms with van der Waals surface area (Å²) in [6, 6.07) is 20.2. The molecule has 0 atom stereocenters. The Kier molecular flexibility index (Phi) is 4.34. The summed E-state index contributed by atoms with van der Waals surface area (Å²) in [6.45, 7) is 1.90. The molecule has 1 heterocycles. The number of pyridine rings is 1. The fourth-order valence-corrected chi connectivity index (χ4v) is 2.15. The van der Waals surface area contributed by atoms with Crippen molar-refractivity contribution in [3.8, 4) is 11.5 Å². The molecule has 3 rings (SSSR count). The van der Waals surface area contributed by atoms with Gasteiger partial charge in [0, 0.05) is 6.20 Å². The number of nitrogens with one attached hydrogen (secondary N) is 1. The summed E-state index contributed by atoms with van der Waals surface area (Å²) >= 11 is 0. The predicted octanol–water partition coefficient (Wildman–Crippen LogP) is 4.43. The van der Waals surface area contributed by atoms with Gasteiger partial charge < -0.3 is 10.1 Å². The predicted molar refractivity (Wildman–Crippen MR) is 89.9 cm³/mol. The molecule has 0 bridgehead atoms. The van der Waals surface area contributed by atoms with E-state index in [2.05, 4.69) is 10.3 Å². The standard InChI is InChI=1S/C19H16N2O2/c1-14-8-7-13-20-18(14)21-19(22)16-11-5-6-12-17(16)23-15-9-3-2-4-10-15/h2-13H,1H3,(H,20,21,22). The Morgan fingerprint density at radius 3 is 2.48 bits per heavy atom. The van der Waals surface area contributed by atoms with Gasteiger partial charge in [0.25, 0.3) is 5.91 Å². The number of amides is 1. The molecule has 4 nitrogen and oxygen atoms in total. The second-order valence-corrected chi connectivity index (χ2v) is 5.03. The smallest absolute Gasteiger partial charge is 0.260 e. The Morgan fingerprint density at radius 2 is 1.70 bits per heavy atom. The second-order valence-electron chi connectivity index (χ2n) is 5.03. The Bertz CT molecular complexity index is 816. The molecule has 0 aliphatic carbocycles. The number of aryl methyl sites for hydroxylation is 1. The van der Waals surface area contributed by atoms with Crippen LogP contribution in [0.25, 0.3) is 0 Å². The zero-order chi connectivity index (χ0) is 16.1. The molecule has 0 aliphatic rings. The number of benzene rings is 2. The number of hydrogen-bond donors (Lipinski definition) is 1. The van der Waals surface area contributed by atoms with Gasteiger partial charge in [0.2, 0.25) is 0 Å². The first kappa shape index (κ1) is 14.8. The highest BCUT2D eigenvalue weighted by atomic mass is 16.5. The molecule has 3 aromatic rings. The minimum absolute atomic E-state index is 0.252. The lowest BCUT2D eigenvalue weighted by Crippen LogP contribution is -2.14. The minimum Gasteiger partial charge on any atom is -0.457 e. The van der Waals surface area contributed by atoms with Gasteiger partial charge in [-0.3, -0.25) is 4.79 Å². The molecular weight excluding hydrogens is 288 g/mol. The van der Waals surface area contributed by atoms with Gasteiger partial charge in [0.05, 0.1) is 5.56 Å². The van der Waals surface area contributed by atoms with E-state index < -0.39 is 0 Å². The monoisotopic (exact) mass is 304 g/mol. The lowest BCUT2D eigenvalue weighted by molar-refractivity contribution is 0.102. The third-order valence-corrected chi connectivity index (χ3v) is 3.34. The first-order valence-corrected chi connectivity index (χ1v) is 7.29. The van der Waals surface area contributed by atoms with E-state index in [0.717, 1.165) is 5.56 Å². The average Bonchev–Trinajstić information content (AvgIpc) is 2.58.